The number of aliphatic hydroxyl groups excluding tert-OH is 3. The van der Waals surface area contributed by atoms with Gasteiger partial charge in [-0.1, -0.05) is 25.6 Å². The molecule has 25 nitrogen and oxygen atoms in total. The summed E-state index contributed by atoms with van der Waals surface area (Å²) in [4.78, 5) is 95.3. The number of ether oxygens (including phenoxy) is 1. The van der Waals surface area contributed by atoms with Crippen LogP contribution in [0.1, 0.15) is 39.8 Å². The summed E-state index contributed by atoms with van der Waals surface area (Å²) in [5.74, 6) is -1.36. The van der Waals surface area contributed by atoms with Crippen LogP contribution in [0.25, 0.3) is 11.2 Å². The molecule has 0 aliphatic carbocycles. The van der Waals surface area contributed by atoms with Crippen molar-refractivity contribution in [1.29, 1.82) is 0 Å². The fourth-order valence-electron chi connectivity index (χ4n) is 4.57. The van der Waals surface area contributed by atoms with Gasteiger partial charge in [0.2, 0.25) is 11.8 Å². The summed E-state index contributed by atoms with van der Waals surface area (Å²) in [5.41, 5.74) is 4.04. The van der Waals surface area contributed by atoms with Crippen LogP contribution >= 0.6 is 35.2 Å². The highest BCUT2D eigenvalue weighted by atomic mass is 32.2. The smallest absolute Gasteiger partial charge is 0.274 e. The van der Waals surface area contributed by atoms with Crippen molar-refractivity contribution in [3.05, 3.63) is 12.7 Å². The lowest BCUT2D eigenvalue weighted by molar-refractivity contribution is -0.347. The number of aliphatic hydroxyl groups is 3. The molecule has 2 aromatic rings. The minimum absolute atomic E-state index is 0.0260. The molecule has 0 bridgehead atoms. The summed E-state index contributed by atoms with van der Waals surface area (Å²) in [7, 11) is -17.6. The number of imidazole rings is 1. The van der Waals surface area contributed by atoms with E-state index in [9.17, 15) is 63.0 Å². The zero-order valence-electron chi connectivity index (χ0n) is 28.7. The van der Waals surface area contributed by atoms with Crippen molar-refractivity contribution in [2.75, 3.05) is 37.8 Å². The third kappa shape index (κ3) is 13.9. The number of thioether (sulfide) groups is 1. The number of hydrogen-bond acceptors (Lipinski definition) is 23. The minimum Gasteiger partial charge on any atom is -0.790 e. The van der Waals surface area contributed by atoms with E-state index < -0.39 is 90.7 Å². The SMILES string of the molecule is C[C@H](O)CC(=O)SCCNC(=O)CCNC(=O)[C@H](O)C(C)(C)COP(=O)([O-])OP(=O)([O-])OC[C@H]1O[C@@H](n2cnc3c(N)ncnc32)[C@H](O)[C@@H]1OP(=O)([O-])[O-]. The molecule has 8 atom stereocenters. The Morgan fingerprint density at radius 3 is 2.39 bits per heavy atom. The van der Waals surface area contributed by atoms with Gasteiger partial charge in [0.25, 0.3) is 15.6 Å². The lowest BCUT2D eigenvalue weighted by Crippen LogP contribution is -2.46. The highest BCUT2D eigenvalue weighted by Crippen LogP contribution is 2.56. The maximum Gasteiger partial charge on any atom is 0.274 e. The fraction of sp³-hybridized carbons (Fsp3) is 0.680. The lowest BCUT2D eigenvalue weighted by Gasteiger charge is -2.36. The maximum atomic E-state index is 12.5. The number of carbonyl (C=O) groups excluding carboxylic acids is 3. The van der Waals surface area contributed by atoms with Crippen molar-refractivity contribution in [2.24, 2.45) is 5.41 Å². The van der Waals surface area contributed by atoms with Gasteiger partial charge in [0.1, 0.15) is 36.3 Å². The van der Waals surface area contributed by atoms with E-state index >= 15 is 0 Å². The van der Waals surface area contributed by atoms with Crippen LogP contribution in [0.4, 0.5) is 5.82 Å². The Bertz CT molecular complexity index is 1780. The van der Waals surface area contributed by atoms with Crippen molar-refractivity contribution < 1.29 is 85.6 Å². The summed E-state index contributed by atoms with van der Waals surface area (Å²) in [6, 6.07) is 0. The molecule has 7 N–H and O–H groups in total. The van der Waals surface area contributed by atoms with Crippen LogP contribution in [-0.2, 0) is 50.7 Å². The Morgan fingerprint density at radius 2 is 1.74 bits per heavy atom. The van der Waals surface area contributed by atoms with Crippen molar-refractivity contribution in [1.82, 2.24) is 30.2 Å². The molecule has 29 heteroatoms. The van der Waals surface area contributed by atoms with Gasteiger partial charge in [-0.2, -0.15) is 0 Å². The molecule has 3 rings (SSSR count). The average Bonchev–Trinajstić information content (AvgIpc) is 3.60. The van der Waals surface area contributed by atoms with Gasteiger partial charge in [-0.25, -0.2) is 19.3 Å². The van der Waals surface area contributed by atoms with Gasteiger partial charge in [-0.05, 0) is 6.92 Å². The molecule has 2 aromatic heterocycles. The second-order valence-electron chi connectivity index (χ2n) is 12.3. The monoisotopic (exact) mass is 849 g/mol. The Kier molecular flexibility index (Phi) is 16.2. The Morgan fingerprint density at radius 1 is 1.07 bits per heavy atom. The van der Waals surface area contributed by atoms with E-state index in [4.69, 9.17) is 10.5 Å². The third-order valence-corrected chi connectivity index (χ3v) is 11.1. The summed E-state index contributed by atoms with van der Waals surface area (Å²) in [6.07, 6.45) is -8.48. The summed E-state index contributed by atoms with van der Waals surface area (Å²) in [6.45, 7) is 1.43. The van der Waals surface area contributed by atoms with E-state index in [1.165, 1.54) is 20.8 Å². The molecule has 0 aromatic carbocycles. The number of anilines is 1. The number of aromatic nitrogens is 4. The number of nitrogen functional groups attached to an aromatic ring is 1. The molecular weight excluding hydrogens is 811 g/mol. The van der Waals surface area contributed by atoms with E-state index in [-0.39, 0.29) is 53.8 Å². The van der Waals surface area contributed by atoms with E-state index in [0.717, 1.165) is 29.0 Å². The number of nitrogens with two attached hydrogens (primary N) is 1. The van der Waals surface area contributed by atoms with E-state index in [1.807, 2.05) is 0 Å². The number of hydrogen-bond donors (Lipinski definition) is 6. The highest BCUT2D eigenvalue weighted by molar-refractivity contribution is 8.13. The molecule has 2 unspecified atom stereocenters. The average molecular weight is 850 g/mol. The molecule has 2 amide bonds. The van der Waals surface area contributed by atoms with Gasteiger partial charge < -0.3 is 74.1 Å². The first-order valence-electron chi connectivity index (χ1n) is 15.6. The molecule has 3 heterocycles. The largest absolute Gasteiger partial charge is 0.790 e. The molecule has 0 radical (unpaired) electrons. The second kappa shape index (κ2) is 19.1. The standard InChI is InChI=1S/C25H42N7O18P3S/c1-13(33)8-16(35)54-7-6-27-15(34)4-5-28-23(38)20(37)25(2,3)10-47-53(44,45)50-52(42,43)46-9-14-19(49-51(39,40)41)18(36)24(48-14)32-12-31-17-21(26)29-11-30-22(17)32/h11-14,18-20,24,33,36-37H,4-10H2,1-3H3,(H,27,34)(H,28,38)(H,42,43)(H,44,45)(H2,26,29,30)(H2,39,40,41)/p-4/t13-,14+,18+,19+,20-,24+/m0/s1. The van der Waals surface area contributed by atoms with Crippen LogP contribution in [0.2, 0.25) is 0 Å². The van der Waals surface area contributed by atoms with Gasteiger partial charge >= 0.3 is 0 Å². The molecule has 1 fully saturated rings. The van der Waals surface area contributed by atoms with Crippen LogP contribution in [-0.4, -0.2) is 114 Å². The van der Waals surface area contributed by atoms with E-state index in [0.29, 0.717) is 0 Å². The van der Waals surface area contributed by atoms with Crippen LogP contribution in [0.5, 0.6) is 0 Å². The van der Waals surface area contributed by atoms with Crippen LogP contribution in [0, 0.1) is 5.41 Å². The molecule has 1 saturated heterocycles. The molecule has 0 spiro atoms. The lowest BCUT2D eigenvalue weighted by atomic mass is 9.87. The normalized spacial score (nSPS) is 22.6. The maximum absolute atomic E-state index is 12.5. The molecule has 1 aliphatic rings. The predicted molar refractivity (Wildman–Crippen MR) is 175 cm³/mol. The number of rotatable bonds is 21. The number of nitrogens with zero attached hydrogens (tertiary/aromatic N) is 4. The first kappa shape index (κ1) is 45.9. The molecular formula is C25H38N7O18P3S-4. The quantitative estimate of drug-likeness (QED) is 0.0513. The number of carbonyl (C=O) groups is 3. The van der Waals surface area contributed by atoms with Gasteiger partial charge in [-0.15, -0.1) is 0 Å². The Labute approximate surface area is 310 Å². The Hall–Kier alpha value is -2.48. The summed E-state index contributed by atoms with van der Waals surface area (Å²) < 4.78 is 60.3. The van der Waals surface area contributed by atoms with Crippen LogP contribution < -0.4 is 35.9 Å². The first-order valence-corrected chi connectivity index (χ1v) is 20.9. The predicted octanol–water partition coefficient (Wildman–Crippen LogP) is -4.09. The number of fused-ring (bicyclic) bond motifs is 1. The van der Waals surface area contributed by atoms with Crippen molar-refractivity contribution >= 4 is 69.1 Å². The topological polar surface area (TPSA) is 395 Å². The number of nitrogens with one attached hydrogen (secondary N) is 2. The third-order valence-electron chi connectivity index (χ3n) is 7.20. The molecule has 1 aliphatic heterocycles. The molecule has 306 valence electrons. The fourth-order valence-corrected chi connectivity index (χ4v) is 8.10. The number of phosphoric ester groups is 3. The van der Waals surface area contributed by atoms with Crippen molar-refractivity contribution in [2.45, 2.75) is 70.4 Å². The van der Waals surface area contributed by atoms with E-state index in [1.54, 1.807) is 0 Å². The minimum atomic E-state index is -5.92. The zero-order valence-corrected chi connectivity index (χ0v) is 32.1. The van der Waals surface area contributed by atoms with Crippen molar-refractivity contribution in [3.8, 4) is 0 Å². The summed E-state index contributed by atoms with van der Waals surface area (Å²) >= 11 is 0.927. The van der Waals surface area contributed by atoms with Crippen molar-refractivity contribution in [3.63, 3.8) is 0 Å². The first-order chi connectivity index (χ1) is 24.9. The number of phosphoric acid groups is 3. The van der Waals surface area contributed by atoms with Gasteiger partial charge in [0.15, 0.2) is 22.8 Å². The highest BCUT2D eigenvalue weighted by Gasteiger charge is 2.47. The molecule has 54 heavy (non-hydrogen) atoms. The number of amides is 2. The van der Waals surface area contributed by atoms with E-state index in [2.05, 4.69) is 43.5 Å². The van der Waals surface area contributed by atoms with Gasteiger partial charge in [-0.3, -0.25) is 28.1 Å². The van der Waals surface area contributed by atoms with Crippen LogP contribution in [0.15, 0.2) is 12.7 Å². The molecule has 0 saturated carbocycles. The Balaban J connectivity index is 1.51. The van der Waals surface area contributed by atoms with Gasteiger partial charge in [0.05, 0.1) is 33.5 Å². The summed E-state index contributed by atoms with van der Waals surface area (Å²) in [5, 5.41) is 35.0. The zero-order chi connectivity index (χ0) is 40.6. The van der Waals surface area contributed by atoms with Gasteiger partial charge in [0, 0.05) is 37.1 Å². The second-order valence-corrected chi connectivity index (χ2v) is 17.5. The van der Waals surface area contributed by atoms with Crippen LogP contribution in [0.3, 0.4) is 0 Å².